The first-order valence-electron chi connectivity index (χ1n) is 11.9. The number of nitrogens with zero attached hydrogens (tertiary/aromatic N) is 2. The van der Waals surface area contributed by atoms with Crippen molar-refractivity contribution in [1.29, 1.82) is 0 Å². The fraction of sp³-hybridized carbons (Fsp3) is 0.286. The van der Waals surface area contributed by atoms with E-state index in [1.165, 1.54) is 26.4 Å². The minimum absolute atomic E-state index is 0.107. The van der Waals surface area contributed by atoms with Gasteiger partial charge in [-0.3, -0.25) is 9.78 Å². The number of ether oxygens (including phenoxy) is 3. The molecule has 0 aliphatic heterocycles. The summed E-state index contributed by atoms with van der Waals surface area (Å²) in [6, 6.07) is 11.3. The summed E-state index contributed by atoms with van der Waals surface area (Å²) < 4.78 is 30.1. The number of amides is 1. The largest absolute Gasteiger partial charge is 0.493 e. The van der Waals surface area contributed by atoms with Crippen LogP contribution in [0.15, 0.2) is 53.5 Å². The van der Waals surface area contributed by atoms with Crippen molar-refractivity contribution in [2.75, 3.05) is 14.2 Å². The zero-order valence-electron chi connectivity index (χ0n) is 21.8. The molecule has 0 aliphatic rings. The number of carbonyl (C=O) groups is 1. The maximum absolute atomic E-state index is 14.3. The fourth-order valence-corrected chi connectivity index (χ4v) is 3.88. The van der Waals surface area contributed by atoms with E-state index >= 15 is 0 Å². The topological polar surface area (TPSA) is 115 Å². The lowest BCUT2D eigenvalue weighted by molar-refractivity contribution is 0.0523. The van der Waals surface area contributed by atoms with E-state index in [2.05, 4.69) is 20.3 Å². The molecule has 2 heterocycles. The highest BCUT2D eigenvalue weighted by Gasteiger charge is 2.16. The van der Waals surface area contributed by atoms with Gasteiger partial charge in [-0.1, -0.05) is 6.07 Å². The molecule has 4 rings (SSSR count). The van der Waals surface area contributed by atoms with Crippen LogP contribution in [0.5, 0.6) is 11.5 Å². The van der Waals surface area contributed by atoms with E-state index in [1.54, 1.807) is 51.2 Å². The first-order chi connectivity index (χ1) is 18.0. The molecule has 0 saturated carbocycles. The SMILES string of the molecule is COc1cc2nc(Cc3ccc(-c4cc(F)cc(CNC(=O)OC(C)(C)C)c4)nc3)[nH]c(=O)c2cc1OC. The van der Waals surface area contributed by atoms with E-state index in [1.807, 2.05) is 6.07 Å². The summed E-state index contributed by atoms with van der Waals surface area (Å²) in [6.45, 7) is 5.41. The number of aromatic amines is 1. The monoisotopic (exact) mass is 520 g/mol. The smallest absolute Gasteiger partial charge is 0.407 e. The van der Waals surface area contributed by atoms with Crippen molar-refractivity contribution in [1.82, 2.24) is 20.3 Å². The zero-order valence-corrected chi connectivity index (χ0v) is 21.8. The number of methoxy groups -OCH3 is 2. The second-order valence-corrected chi connectivity index (χ2v) is 9.67. The van der Waals surface area contributed by atoms with Crippen LogP contribution in [0, 0.1) is 5.82 Å². The average Bonchev–Trinajstić information content (AvgIpc) is 2.86. The second-order valence-electron chi connectivity index (χ2n) is 9.67. The van der Waals surface area contributed by atoms with Gasteiger partial charge in [0, 0.05) is 30.8 Å². The number of fused-ring (bicyclic) bond motifs is 1. The van der Waals surface area contributed by atoms with Gasteiger partial charge in [0.1, 0.15) is 17.2 Å². The summed E-state index contributed by atoms with van der Waals surface area (Å²) in [4.78, 5) is 36.4. The Morgan fingerprint density at radius 1 is 1.03 bits per heavy atom. The lowest BCUT2D eigenvalue weighted by Crippen LogP contribution is -2.32. The summed E-state index contributed by atoms with van der Waals surface area (Å²) in [5.41, 5.74) is 2.07. The van der Waals surface area contributed by atoms with Crippen molar-refractivity contribution in [2.45, 2.75) is 39.3 Å². The van der Waals surface area contributed by atoms with Crippen LogP contribution < -0.4 is 20.3 Å². The Morgan fingerprint density at radius 3 is 2.42 bits per heavy atom. The third-order valence-corrected chi connectivity index (χ3v) is 5.55. The van der Waals surface area contributed by atoms with Crippen LogP contribution in [0.4, 0.5) is 9.18 Å². The molecule has 0 unspecified atom stereocenters. The maximum Gasteiger partial charge on any atom is 0.407 e. The normalized spacial score (nSPS) is 11.3. The Hall–Kier alpha value is -4.47. The molecule has 0 saturated heterocycles. The van der Waals surface area contributed by atoms with Gasteiger partial charge in [0.15, 0.2) is 11.5 Å². The van der Waals surface area contributed by atoms with Crippen molar-refractivity contribution in [3.05, 3.63) is 81.8 Å². The number of hydrogen-bond donors (Lipinski definition) is 2. The van der Waals surface area contributed by atoms with E-state index in [-0.39, 0.29) is 12.1 Å². The Labute approximate surface area is 219 Å². The van der Waals surface area contributed by atoms with Crippen LogP contribution >= 0.6 is 0 Å². The Kier molecular flexibility index (Phi) is 7.61. The molecule has 2 N–H and O–H groups in total. The molecule has 0 aliphatic carbocycles. The molecule has 0 radical (unpaired) electrons. The maximum atomic E-state index is 14.3. The minimum atomic E-state index is -0.626. The van der Waals surface area contributed by atoms with Gasteiger partial charge in [-0.25, -0.2) is 14.2 Å². The van der Waals surface area contributed by atoms with Gasteiger partial charge >= 0.3 is 6.09 Å². The third-order valence-electron chi connectivity index (χ3n) is 5.55. The van der Waals surface area contributed by atoms with Crippen molar-refractivity contribution >= 4 is 17.0 Å². The number of nitrogens with one attached hydrogen (secondary N) is 2. The van der Waals surface area contributed by atoms with Gasteiger partial charge in [-0.05, 0) is 62.2 Å². The predicted molar refractivity (Wildman–Crippen MR) is 141 cm³/mol. The van der Waals surface area contributed by atoms with Crippen LogP contribution in [0.3, 0.4) is 0 Å². The van der Waals surface area contributed by atoms with Crippen LogP contribution in [-0.4, -0.2) is 40.9 Å². The fourth-order valence-electron chi connectivity index (χ4n) is 3.88. The lowest BCUT2D eigenvalue weighted by atomic mass is 10.1. The number of halogens is 1. The first kappa shape index (κ1) is 26.6. The van der Waals surface area contributed by atoms with Crippen molar-refractivity contribution < 1.29 is 23.4 Å². The molecule has 0 spiro atoms. The standard InChI is InChI=1S/C28H29FN4O5/c1-28(2,3)38-27(35)31-15-17-8-18(11-19(29)9-17)21-7-6-16(14-30-21)10-25-32-22-13-24(37-5)23(36-4)12-20(22)26(34)33-25/h6-9,11-14H,10,15H2,1-5H3,(H,31,35)(H,32,33,34). The average molecular weight is 521 g/mol. The molecular weight excluding hydrogens is 491 g/mol. The van der Waals surface area contributed by atoms with E-state index < -0.39 is 17.5 Å². The predicted octanol–water partition coefficient (Wildman–Crippen LogP) is 4.76. The number of hydrogen-bond acceptors (Lipinski definition) is 7. The summed E-state index contributed by atoms with van der Waals surface area (Å²) in [6.07, 6.45) is 1.40. The van der Waals surface area contributed by atoms with E-state index in [9.17, 15) is 14.0 Å². The van der Waals surface area contributed by atoms with E-state index in [0.29, 0.717) is 51.5 Å². The molecule has 38 heavy (non-hydrogen) atoms. The van der Waals surface area contributed by atoms with E-state index in [4.69, 9.17) is 14.2 Å². The first-order valence-corrected chi connectivity index (χ1v) is 11.9. The molecule has 9 nitrogen and oxygen atoms in total. The highest BCUT2D eigenvalue weighted by atomic mass is 19.1. The lowest BCUT2D eigenvalue weighted by Gasteiger charge is -2.19. The van der Waals surface area contributed by atoms with Crippen molar-refractivity contribution in [3.63, 3.8) is 0 Å². The number of rotatable bonds is 7. The van der Waals surface area contributed by atoms with Gasteiger partial charge < -0.3 is 24.5 Å². The number of alkyl carbamates (subject to hydrolysis) is 1. The molecule has 10 heteroatoms. The van der Waals surface area contributed by atoms with Crippen LogP contribution in [0.2, 0.25) is 0 Å². The molecule has 0 fully saturated rings. The minimum Gasteiger partial charge on any atom is -0.493 e. The zero-order chi connectivity index (χ0) is 27.4. The highest BCUT2D eigenvalue weighted by molar-refractivity contribution is 5.81. The van der Waals surface area contributed by atoms with Gasteiger partial charge in [0.2, 0.25) is 0 Å². The summed E-state index contributed by atoms with van der Waals surface area (Å²) in [5.74, 6) is 0.941. The Morgan fingerprint density at radius 2 is 1.76 bits per heavy atom. The molecule has 2 aromatic carbocycles. The number of benzene rings is 2. The van der Waals surface area contributed by atoms with E-state index in [0.717, 1.165) is 5.56 Å². The summed E-state index contributed by atoms with van der Waals surface area (Å²) >= 11 is 0. The van der Waals surface area contributed by atoms with Crippen molar-refractivity contribution in [3.8, 4) is 22.8 Å². The van der Waals surface area contributed by atoms with Crippen LogP contribution in [0.1, 0.15) is 37.7 Å². The molecule has 0 atom stereocenters. The number of H-pyrrole nitrogens is 1. The highest BCUT2D eigenvalue weighted by Crippen LogP contribution is 2.30. The molecule has 198 valence electrons. The van der Waals surface area contributed by atoms with Crippen LogP contribution in [0.25, 0.3) is 22.2 Å². The van der Waals surface area contributed by atoms with Crippen molar-refractivity contribution in [2.24, 2.45) is 0 Å². The van der Waals surface area contributed by atoms with Gasteiger partial charge in [-0.2, -0.15) is 0 Å². The quantitative estimate of drug-likeness (QED) is 0.361. The molecule has 4 aromatic rings. The Bertz CT molecular complexity index is 1530. The van der Waals surface area contributed by atoms with Gasteiger partial charge in [0.05, 0.1) is 30.8 Å². The molecule has 1 amide bonds. The number of carbonyl (C=O) groups excluding carboxylic acids is 1. The third kappa shape index (κ3) is 6.44. The Balaban J connectivity index is 1.51. The second kappa shape index (κ2) is 10.9. The van der Waals surface area contributed by atoms with Gasteiger partial charge in [0.25, 0.3) is 5.56 Å². The molecule has 2 aromatic heterocycles. The number of aromatic nitrogens is 3. The summed E-state index contributed by atoms with van der Waals surface area (Å²) in [7, 11) is 3.02. The molecule has 0 bridgehead atoms. The number of pyridine rings is 1. The van der Waals surface area contributed by atoms with Crippen LogP contribution in [-0.2, 0) is 17.7 Å². The molecular formula is C28H29FN4O5. The van der Waals surface area contributed by atoms with Gasteiger partial charge in [-0.15, -0.1) is 0 Å². The summed E-state index contributed by atoms with van der Waals surface area (Å²) in [5, 5.41) is 3.02.